The smallest absolute Gasteiger partial charge is 0.194 e. The number of ketones is 1. The van der Waals surface area contributed by atoms with Gasteiger partial charge < -0.3 is 14.9 Å². The minimum Gasteiger partial charge on any atom is -0.469 e. The summed E-state index contributed by atoms with van der Waals surface area (Å²) in [6.07, 6.45) is 2.27. The minimum absolute atomic E-state index is 0.0496. The van der Waals surface area contributed by atoms with Gasteiger partial charge in [0.05, 0.1) is 5.57 Å². The Morgan fingerprint density at radius 1 is 1.20 bits per heavy atom. The van der Waals surface area contributed by atoms with E-state index >= 15 is 0 Å². The molecule has 0 fully saturated rings. The van der Waals surface area contributed by atoms with E-state index in [1.165, 1.54) is 5.56 Å². The zero-order chi connectivity index (χ0) is 18.6. The monoisotopic (exact) mass is 346 g/mol. The van der Waals surface area contributed by atoms with Crippen molar-refractivity contribution in [3.05, 3.63) is 40.1 Å². The number of carbonyl (C=O) groups is 1. The van der Waals surface area contributed by atoms with Crippen molar-refractivity contribution in [3.63, 3.8) is 0 Å². The molecule has 25 heavy (non-hydrogen) atoms. The zero-order valence-electron chi connectivity index (χ0n) is 15.8. The molecule has 0 saturated carbocycles. The van der Waals surface area contributed by atoms with Gasteiger partial charge in [0.25, 0.3) is 0 Å². The Balaban J connectivity index is 2.64. The molecular weight excluding hydrogens is 316 g/mol. The van der Waals surface area contributed by atoms with Crippen molar-refractivity contribution in [1.29, 1.82) is 0 Å². The molecule has 0 heterocycles. The third-order valence-electron chi connectivity index (χ3n) is 4.81. The van der Waals surface area contributed by atoms with Crippen LogP contribution in [0.2, 0.25) is 0 Å². The molecule has 2 rings (SSSR count). The van der Waals surface area contributed by atoms with E-state index in [9.17, 15) is 15.0 Å². The number of rotatable bonds is 7. The molecule has 0 aromatic heterocycles. The van der Waals surface area contributed by atoms with Crippen LogP contribution >= 0.6 is 0 Å². The highest BCUT2D eigenvalue weighted by atomic mass is 16.6. The summed E-state index contributed by atoms with van der Waals surface area (Å²) in [6, 6.07) is 4.27. The number of aliphatic hydroxyl groups is 2. The normalized spacial score (nSPS) is 19.3. The average molecular weight is 346 g/mol. The van der Waals surface area contributed by atoms with E-state index < -0.39 is 6.29 Å². The Morgan fingerprint density at radius 3 is 2.28 bits per heavy atom. The number of hydrogen-bond acceptors (Lipinski definition) is 4. The lowest BCUT2D eigenvalue weighted by Gasteiger charge is -2.29. The lowest BCUT2D eigenvalue weighted by molar-refractivity contribution is -0.116. The maximum absolute atomic E-state index is 13.0. The number of aliphatic hydroxyl groups excluding tert-OH is 2. The molecule has 0 saturated heterocycles. The highest BCUT2D eigenvalue weighted by molar-refractivity contribution is 6.22. The molecule has 1 aliphatic rings. The quantitative estimate of drug-likeness (QED) is 0.741. The number of benzene rings is 1. The topological polar surface area (TPSA) is 66.8 Å². The van der Waals surface area contributed by atoms with Crippen molar-refractivity contribution in [1.82, 2.24) is 0 Å². The van der Waals surface area contributed by atoms with Crippen LogP contribution in [0.1, 0.15) is 62.3 Å². The van der Waals surface area contributed by atoms with Gasteiger partial charge >= 0.3 is 0 Å². The van der Waals surface area contributed by atoms with Crippen molar-refractivity contribution in [2.24, 2.45) is 5.92 Å². The fraction of sp³-hybridized carbons (Fsp3) is 0.571. The predicted octanol–water partition coefficient (Wildman–Crippen LogP) is 3.55. The molecule has 0 bridgehead atoms. The van der Waals surface area contributed by atoms with Gasteiger partial charge in [-0.1, -0.05) is 31.5 Å². The first-order valence-electron chi connectivity index (χ1n) is 9.25. The van der Waals surface area contributed by atoms with Crippen LogP contribution in [0.25, 0.3) is 5.57 Å². The maximum atomic E-state index is 13.0. The number of allylic oxidation sites excluding steroid dienone is 2. The molecule has 1 aromatic carbocycles. The predicted molar refractivity (Wildman–Crippen MR) is 99.1 cm³/mol. The van der Waals surface area contributed by atoms with Crippen LogP contribution in [0, 0.1) is 12.8 Å². The highest BCUT2D eigenvalue weighted by Crippen LogP contribution is 2.38. The summed E-state index contributed by atoms with van der Waals surface area (Å²) in [5, 5.41) is 19.0. The first-order chi connectivity index (χ1) is 11.9. The molecule has 0 amide bonds. The van der Waals surface area contributed by atoms with E-state index in [0.29, 0.717) is 30.6 Å². The van der Waals surface area contributed by atoms with E-state index in [1.54, 1.807) is 6.92 Å². The standard InChI is InChI=1S/C21H30O4/c1-5-16-9-13(3)10-17(6-2)20(16)21-18(24)11-15(7-8-22)12-19(21)25-14(4)23/h9-10,14-15,22-23H,5-8,11-12H2,1-4H3. The molecule has 4 nitrogen and oxygen atoms in total. The van der Waals surface area contributed by atoms with Crippen LogP contribution in [0.5, 0.6) is 0 Å². The Bertz CT molecular complexity index is 633. The summed E-state index contributed by atoms with van der Waals surface area (Å²) in [5.41, 5.74) is 5.10. The number of hydrogen-bond donors (Lipinski definition) is 2. The highest BCUT2D eigenvalue weighted by Gasteiger charge is 2.32. The molecule has 2 N–H and O–H groups in total. The number of aryl methyl sites for hydroxylation is 3. The van der Waals surface area contributed by atoms with Crippen LogP contribution in [0.15, 0.2) is 17.9 Å². The van der Waals surface area contributed by atoms with Crippen molar-refractivity contribution in [2.45, 2.75) is 66.1 Å². The van der Waals surface area contributed by atoms with Crippen molar-refractivity contribution in [2.75, 3.05) is 6.61 Å². The molecule has 2 unspecified atom stereocenters. The number of Topliss-reactive ketones (excluding diaryl/α,β-unsaturated/α-hetero) is 1. The second-order valence-electron chi connectivity index (χ2n) is 6.89. The second-order valence-corrected chi connectivity index (χ2v) is 6.89. The SMILES string of the molecule is CCc1cc(C)cc(CC)c1C1=C(OC(C)O)CC(CCO)CC1=O. The van der Waals surface area contributed by atoms with Gasteiger partial charge in [-0.15, -0.1) is 0 Å². The van der Waals surface area contributed by atoms with Gasteiger partial charge in [-0.05, 0) is 55.7 Å². The first kappa shape index (κ1) is 19.7. The molecular formula is C21H30O4. The van der Waals surface area contributed by atoms with Gasteiger partial charge in [0, 0.05) is 19.4 Å². The van der Waals surface area contributed by atoms with Gasteiger partial charge in [0.2, 0.25) is 0 Å². The van der Waals surface area contributed by atoms with Crippen LogP contribution in [-0.4, -0.2) is 28.9 Å². The van der Waals surface area contributed by atoms with Gasteiger partial charge in [0.15, 0.2) is 12.1 Å². The summed E-state index contributed by atoms with van der Waals surface area (Å²) in [4.78, 5) is 13.0. The van der Waals surface area contributed by atoms with Gasteiger partial charge in [-0.25, -0.2) is 0 Å². The Kier molecular flexibility index (Phi) is 6.79. The Labute approximate surface area is 150 Å². The van der Waals surface area contributed by atoms with Gasteiger partial charge in [-0.2, -0.15) is 0 Å². The Morgan fingerprint density at radius 2 is 1.80 bits per heavy atom. The van der Waals surface area contributed by atoms with Gasteiger partial charge in [-0.3, -0.25) is 4.79 Å². The van der Waals surface area contributed by atoms with E-state index in [2.05, 4.69) is 32.9 Å². The summed E-state index contributed by atoms with van der Waals surface area (Å²) < 4.78 is 5.67. The lowest BCUT2D eigenvalue weighted by Crippen LogP contribution is -2.24. The number of carbonyl (C=O) groups excluding carboxylic acids is 1. The fourth-order valence-electron chi connectivity index (χ4n) is 3.76. The van der Waals surface area contributed by atoms with Crippen molar-refractivity contribution < 1.29 is 19.7 Å². The molecule has 1 aliphatic carbocycles. The minimum atomic E-state index is -0.966. The third kappa shape index (κ3) is 4.50. The van der Waals surface area contributed by atoms with Crippen LogP contribution in [-0.2, 0) is 22.4 Å². The van der Waals surface area contributed by atoms with Crippen LogP contribution in [0.4, 0.5) is 0 Å². The molecule has 0 radical (unpaired) electrons. The Hall–Kier alpha value is -1.65. The summed E-state index contributed by atoms with van der Waals surface area (Å²) in [5.74, 6) is 0.683. The maximum Gasteiger partial charge on any atom is 0.194 e. The molecule has 138 valence electrons. The van der Waals surface area contributed by atoms with Crippen molar-refractivity contribution in [3.8, 4) is 0 Å². The van der Waals surface area contributed by atoms with E-state index in [4.69, 9.17) is 4.74 Å². The average Bonchev–Trinajstić information content (AvgIpc) is 2.54. The largest absolute Gasteiger partial charge is 0.469 e. The summed E-state index contributed by atoms with van der Waals surface area (Å²) in [6.45, 7) is 7.87. The lowest BCUT2D eigenvalue weighted by atomic mass is 9.79. The number of ether oxygens (including phenoxy) is 1. The molecule has 0 aliphatic heterocycles. The first-order valence-corrected chi connectivity index (χ1v) is 9.25. The molecule has 0 spiro atoms. The van der Waals surface area contributed by atoms with Crippen LogP contribution in [0.3, 0.4) is 0 Å². The third-order valence-corrected chi connectivity index (χ3v) is 4.81. The second kappa shape index (κ2) is 8.63. The summed E-state index contributed by atoms with van der Waals surface area (Å²) >= 11 is 0. The van der Waals surface area contributed by atoms with E-state index in [1.807, 2.05) is 0 Å². The van der Waals surface area contributed by atoms with E-state index in [-0.39, 0.29) is 18.3 Å². The van der Waals surface area contributed by atoms with Crippen molar-refractivity contribution >= 4 is 11.4 Å². The molecule has 2 atom stereocenters. The molecule has 4 heteroatoms. The van der Waals surface area contributed by atoms with E-state index in [0.717, 1.165) is 29.5 Å². The molecule has 1 aromatic rings. The summed E-state index contributed by atoms with van der Waals surface area (Å²) in [7, 11) is 0. The fourth-order valence-corrected chi connectivity index (χ4v) is 3.76. The zero-order valence-corrected chi connectivity index (χ0v) is 15.8. The van der Waals surface area contributed by atoms with Gasteiger partial charge in [0.1, 0.15) is 5.76 Å². The van der Waals surface area contributed by atoms with Crippen LogP contribution < -0.4 is 0 Å².